The fraction of sp³-hybridized carbons (Fsp3) is 0. The van der Waals surface area contributed by atoms with Crippen LogP contribution in [0.5, 0.6) is 0 Å². The van der Waals surface area contributed by atoms with E-state index in [1.807, 2.05) is 0 Å². The maximum atomic E-state index is 12.4. The number of nitrogens with zero attached hydrogens (tertiary/aromatic N) is 1. The van der Waals surface area contributed by atoms with Crippen LogP contribution in [0.2, 0.25) is 10.0 Å². The molecule has 1 saturated heterocycles. The van der Waals surface area contributed by atoms with Gasteiger partial charge < -0.3 is 0 Å². The van der Waals surface area contributed by atoms with Crippen molar-refractivity contribution in [2.45, 2.75) is 0 Å². The van der Waals surface area contributed by atoms with E-state index in [4.69, 9.17) is 23.2 Å². The molecule has 1 heterocycles. The number of halogens is 2. The van der Waals surface area contributed by atoms with Crippen LogP contribution in [0.3, 0.4) is 0 Å². The van der Waals surface area contributed by atoms with E-state index < -0.39 is 11.8 Å². The molecule has 0 bridgehead atoms. The summed E-state index contributed by atoms with van der Waals surface area (Å²) in [5.74, 6) is -0.887. The van der Waals surface area contributed by atoms with Gasteiger partial charge in [0.1, 0.15) is 5.57 Å². The molecule has 1 fully saturated rings. The molecule has 6 heteroatoms. The van der Waals surface area contributed by atoms with Crippen molar-refractivity contribution in [3.8, 4) is 0 Å². The molecule has 1 aliphatic heterocycles. The SMILES string of the molecule is O=C1NN(c2cccc(Cl)c2)C(=O)/C1=C\c1ccc(Cl)cc1. The van der Waals surface area contributed by atoms with Gasteiger partial charge in [-0.05, 0) is 42.0 Å². The topological polar surface area (TPSA) is 49.4 Å². The van der Waals surface area contributed by atoms with Crippen molar-refractivity contribution < 1.29 is 9.59 Å². The van der Waals surface area contributed by atoms with Crippen LogP contribution in [0.1, 0.15) is 5.56 Å². The Morgan fingerprint density at radius 1 is 0.955 bits per heavy atom. The van der Waals surface area contributed by atoms with E-state index in [0.29, 0.717) is 15.7 Å². The summed E-state index contributed by atoms with van der Waals surface area (Å²) in [7, 11) is 0. The van der Waals surface area contributed by atoms with Gasteiger partial charge in [0.05, 0.1) is 5.69 Å². The molecular formula is C16H10Cl2N2O2. The Hall–Kier alpha value is -2.30. The van der Waals surface area contributed by atoms with Crippen LogP contribution in [0, 0.1) is 0 Å². The molecule has 0 saturated carbocycles. The third-order valence-corrected chi connectivity index (χ3v) is 3.63. The Morgan fingerprint density at radius 2 is 1.68 bits per heavy atom. The highest BCUT2D eigenvalue weighted by atomic mass is 35.5. The lowest BCUT2D eigenvalue weighted by Gasteiger charge is -2.14. The fourth-order valence-corrected chi connectivity index (χ4v) is 2.39. The Kier molecular flexibility index (Phi) is 3.88. The average Bonchev–Trinajstić information content (AvgIpc) is 2.77. The minimum atomic E-state index is -0.458. The number of rotatable bonds is 2. The highest BCUT2D eigenvalue weighted by Gasteiger charge is 2.34. The molecular weight excluding hydrogens is 323 g/mol. The van der Waals surface area contributed by atoms with Crippen molar-refractivity contribution in [3.63, 3.8) is 0 Å². The summed E-state index contributed by atoms with van der Waals surface area (Å²) in [4.78, 5) is 24.4. The number of carbonyl (C=O) groups excluding carboxylic acids is 2. The van der Waals surface area contributed by atoms with E-state index in [1.165, 1.54) is 11.1 Å². The zero-order valence-corrected chi connectivity index (χ0v) is 12.7. The smallest absolute Gasteiger partial charge is 0.267 e. The highest BCUT2D eigenvalue weighted by Crippen LogP contribution is 2.24. The zero-order valence-electron chi connectivity index (χ0n) is 11.2. The zero-order chi connectivity index (χ0) is 15.7. The van der Waals surface area contributed by atoms with Crippen molar-refractivity contribution in [2.24, 2.45) is 0 Å². The Labute approximate surface area is 136 Å². The number of nitrogens with one attached hydrogen (secondary N) is 1. The van der Waals surface area contributed by atoms with Gasteiger partial charge in [-0.2, -0.15) is 0 Å². The van der Waals surface area contributed by atoms with Crippen molar-refractivity contribution in [1.29, 1.82) is 0 Å². The maximum absolute atomic E-state index is 12.4. The van der Waals surface area contributed by atoms with Gasteiger partial charge in [-0.3, -0.25) is 15.0 Å². The summed E-state index contributed by atoms with van der Waals surface area (Å²) in [6.07, 6.45) is 1.53. The van der Waals surface area contributed by atoms with Crippen LogP contribution >= 0.6 is 23.2 Å². The molecule has 3 rings (SSSR count). The van der Waals surface area contributed by atoms with E-state index in [2.05, 4.69) is 5.43 Å². The van der Waals surface area contributed by atoms with Crippen LogP contribution in [-0.2, 0) is 9.59 Å². The van der Waals surface area contributed by atoms with Gasteiger partial charge in [0, 0.05) is 10.0 Å². The maximum Gasteiger partial charge on any atom is 0.282 e. The minimum Gasteiger partial charge on any atom is -0.267 e. The molecule has 0 radical (unpaired) electrons. The lowest BCUT2D eigenvalue weighted by atomic mass is 10.1. The van der Waals surface area contributed by atoms with Crippen LogP contribution < -0.4 is 10.4 Å². The number of hydrogen-bond donors (Lipinski definition) is 1. The van der Waals surface area contributed by atoms with Crippen LogP contribution in [0.4, 0.5) is 5.69 Å². The molecule has 0 unspecified atom stereocenters. The first-order valence-electron chi connectivity index (χ1n) is 6.43. The lowest BCUT2D eigenvalue weighted by Crippen LogP contribution is -2.35. The van der Waals surface area contributed by atoms with Crippen LogP contribution in [0.25, 0.3) is 6.08 Å². The third kappa shape index (κ3) is 2.84. The minimum absolute atomic E-state index is 0.0577. The van der Waals surface area contributed by atoms with Gasteiger partial charge in [-0.1, -0.05) is 41.4 Å². The van der Waals surface area contributed by atoms with E-state index in [-0.39, 0.29) is 5.57 Å². The lowest BCUT2D eigenvalue weighted by molar-refractivity contribution is -0.117. The number of amides is 2. The highest BCUT2D eigenvalue weighted by molar-refractivity contribution is 6.33. The molecule has 2 aromatic rings. The molecule has 110 valence electrons. The van der Waals surface area contributed by atoms with Crippen molar-refractivity contribution in [1.82, 2.24) is 5.43 Å². The van der Waals surface area contributed by atoms with Gasteiger partial charge in [-0.15, -0.1) is 0 Å². The number of hydrogen-bond acceptors (Lipinski definition) is 2. The van der Waals surface area contributed by atoms with E-state index in [1.54, 1.807) is 48.5 Å². The molecule has 1 aliphatic rings. The van der Waals surface area contributed by atoms with E-state index in [9.17, 15) is 9.59 Å². The summed E-state index contributed by atoms with van der Waals surface area (Å²) in [5, 5.41) is 2.25. The molecule has 0 spiro atoms. The number of benzene rings is 2. The monoisotopic (exact) mass is 332 g/mol. The fourth-order valence-electron chi connectivity index (χ4n) is 2.08. The number of anilines is 1. The first-order chi connectivity index (χ1) is 10.5. The van der Waals surface area contributed by atoms with Gasteiger partial charge in [0.2, 0.25) is 0 Å². The Bertz CT molecular complexity index is 785. The summed E-state index contributed by atoms with van der Waals surface area (Å²) in [5.41, 5.74) is 3.80. The van der Waals surface area contributed by atoms with Crippen molar-refractivity contribution in [3.05, 3.63) is 69.7 Å². The second-order valence-electron chi connectivity index (χ2n) is 4.67. The normalized spacial score (nSPS) is 16.3. The molecule has 22 heavy (non-hydrogen) atoms. The number of hydrazine groups is 1. The molecule has 4 nitrogen and oxygen atoms in total. The molecule has 0 aliphatic carbocycles. The van der Waals surface area contributed by atoms with E-state index >= 15 is 0 Å². The van der Waals surface area contributed by atoms with Gasteiger partial charge in [0.15, 0.2) is 0 Å². The largest absolute Gasteiger partial charge is 0.282 e. The standard InChI is InChI=1S/C16H10Cl2N2O2/c17-11-6-4-10(5-7-11)8-14-15(21)19-20(16(14)22)13-3-1-2-12(18)9-13/h1-9H,(H,19,21)/b14-8-. The second-order valence-corrected chi connectivity index (χ2v) is 5.54. The summed E-state index contributed by atoms with van der Waals surface area (Å²) >= 11 is 11.7. The van der Waals surface area contributed by atoms with Gasteiger partial charge >= 0.3 is 0 Å². The first-order valence-corrected chi connectivity index (χ1v) is 7.18. The van der Waals surface area contributed by atoms with Crippen LogP contribution in [0.15, 0.2) is 54.1 Å². The molecule has 0 atom stereocenters. The van der Waals surface area contributed by atoms with Gasteiger partial charge in [0.25, 0.3) is 11.8 Å². The Balaban J connectivity index is 1.93. The summed E-state index contributed by atoms with van der Waals surface area (Å²) in [6.45, 7) is 0. The van der Waals surface area contributed by atoms with Crippen molar-refractivity contribution in [2.75, 3.05) is 5.01 Å². The quantitative estimate of drug-likeness (QED) is 0.676. The van der Waals surface area contributed by atoms with Gasteiger partial charge in [-0.25, -0.2) is 5.01 Å². The predicted molar refractivity (Wildman–Crippen MR) is 86.5 cm³/mol. The summed E-state index contributed by atoms with van der Waals surface area (Å²) < 4.78 is 0. The molecule has 0 aromatic heterocycles. The summed E-state index contributed by atoms with van der Waals surface area (Å²) in [6, 6.07) is 13.5. The predicted octanol–water partition coefficient (Wildman–Crippen LogP) is 3.45. The molecule has 2 amide bonds. The first kappa shape index (κ1) is 14.6. The second kappa shape index (κ2) is 5.83. The Morgan fingerprint density at radius 3 is 2.36 bits per heavy atom. The van der Waals surface area contributed by atoms with Crippen LogP contribution in [-0.4, -0.2) is 11.8 Å². The van der Waals surface area contributed by atoms with E-state index in [0.717, 1.165) is 5.56 Å². The van der Waals surface area contributed by atoms with Crippen molar-refractivity contribution >= 4 is 46.8 Å². The molecule has 1 N–H and O–H groups in total. The molecule has 2 aromatic carbocycles. The average molecular weight is 333 g/mol. The number of carbonyl (C=O) groups is 2. The third-order valence-electron chi connectivity index (χ3n) is 3.14.